The number of amides is 1. The highest BCUT2D eigenvalue weighted by atomic mass is 79.9. The first-order valence-corrected chi connectivity index (χ1v) is 6.25. The number of nitrogens with zero attached hydrogens (tertiary/aromatic N) is 1. The van der Waals surface area contributed by atoms with Crippen LogP contribution in [0.3, 0.4) is 0 Å². The highest BCUT2D eigenvalue weighted by Crippen LogP contribution is 2.27. The maximum absolute atomic E-state index is 12.3. The molecule has 16 heavy (non-hydrogen) atoms. The molecule has 1 aromatic carbocycles. The van der Waals surface area contributed by atoms with Crippen molar-refractivity contribution in [2.75, 3.05) is 12.3 Å². The number of nitrogen functional groups attached to an aromatic ring is 1. The largest absolute Gasteiger partial charge is 0.398 e. The van der Waals surface area contributed by atoms with Gasteiger partial charge in [0.05, 0.1) is 10.0 Å². The van der Waals surface area contributed by atoms with Crippen LogP contribution < -0.4 is 5.73 Å². The van der Waals surface area contributed by atoms with E-state index in [-0.39, 0.29) is 5.91 Å². The van der Waals surface area contributed by atoms with Crippen LogP contribution in [0.1, 0.15) is 30.1 Å². The third-order valence-corrected chi connectivity index (χ3v) is 3.96. The molecule has 2 rings (SSSR count). The minimum absolute atomic E-state index is 0.0733. The third-order valence-electron chi connectivity index (χ3n) is 3.07. The van der Waals surface area contributed by atoms with Crippen molar-refractivity contribution >= 4 is 27.5 Å². The quantitative estimate of drug-likeness (QED) is 0.805. The lowest BCUT2D eigenvalue weighted by molar-refractivity contribution is 0.0746. The molecule has 1 aromatic rings. The van der Waals surface area contributed by atoms with Crippen molar-refractivity contribution in [2.24, 2.45) is 0 Å². The zero-order valence-corrected chi connectivity index (χ0v) is 10.8. The fourth-order valence-electron chi connectivity index (χ4n) is 2.10. The monoisotopic (exact) mass is 282 g/mol. The van der Waals surface area contributed by atoms with Gasteiger partial charge >= 0.3 is 0 Å². The van der Waals surface area contributed by atoms with E-state index < -0.39 is 0 Å². The van der Waals surface area contributed by atoms with Crippen LogP contribution in [-0.2, 0) is 0 Å². The summed E-state index contributed by atoms with van der Waals surface area (Å²) in [4.78, 5) is 14.2. The molecule has 0 radical (unpaired) electrons. The molecule has 1 aliphatic heterocycles. The van der Waals surface area contributed by atoms with Gasteiger partial charge in [0, 0.05) is 18.3 Å². The molecule has 4 heteroatoms. The van der Waals surface area contributed by atoms with Crippen molar-refractivity contribution in [3.05, 3.63) is 28.2 Å². The standard InChI is InChI=1S/C12H15BrN2O/c1-8-4-3-7-15(8)12(16)9-5-2-6-10(14)11(9)13/h2,5-6,8H,3-4,7,14H2,1H3. The van der Waals surface area contributed by atoms with Crippen LogP contribution in [0, 0.1) is 0 Å². The summed E-state index contributed by atoms with van der Waals surface area (Å²) in [5, 5.41) is 0. The molecule has 2 N–H and O–H groups in total. The highest BCUT2D eigenvalue weighted by molar-refractivity contribution is 9.10. The summed E-state index contributed by atoms with van der Waals surface area (Å²) in [7, 11) is 0. The zero-order valence-electron chi connectivity index (χ0n) is 9.24. The van der Waals surface area contributed by atoms with Gasteiger partial charge in [0.15, 0.2) is 0 Å². The summed E-state index contributed by atoms with van der Waals surface area (Å²) < 4.78 is 0.708. The van der Waals surface area contributed by atoms with Crippen LogP contribution >= 0.6 is 15.9 Å². The van der Waals surface area contributed by atoms with E-state index in [2.05, 4.69) is 22.9 Å². The molecule has 0 saturated carbocycles. The van der Waals surface area contributed by atoms with Crippen molar-refractivity contribution in [2.45, 2.75) is 25.8 Å². The second kappa shape index (κ2) is 4.45. The molecule has 1 atom stereocenters. The summed E-state index contributed by atoms with van der Waals surface area (Å²) in [6, 6.07) is 5.75. The molecule has 1 heterocycles. The lowest BCUT2D eigenvalue weighted by atomic mass is 10.1. The second-order valence-corrected chi connectivity index (χ2v) is 4.99. The Labute approximate surface area is 104 Å². The molecular weight excluding hydrogens is 268 g/mol. The number of benzene rings is 1. The van der Waals surface area contributed by atoms with Gasteiger partial charge in [-0.05, 0) is 47.8 Å². The summed E-state index contributed by atoms with van der Waals surface area (Å²) >= 11 is 3.38. The van der Waals surface area contributed by atoms with Crippen LogP contribution in [-0.4, -0.2) is 23.4 Å². The number of hydrogen-bond donors (Lipinski definition) is 1. The number of halogens is 1. The molecule has 1 amide bonds. The number of hydrogen-bond acceptors (Lipinski definition) is 2. The topological polar surface area (TPSA) is 46.3 Å². The van der Waals surface area contributed by atoms with Gasteiger partial charge in [-0.25, -0.2) is 0 Å². The Morgan fingerprint density at radius 3 is 2.94 bits per heavy atom. The Balaban J connectivity index is 2.30. The molecule has 1 fully saturated rings. The van der Waals surface area contributed by atoms with Crippen LogP contribution in [0.25, 0.3) is 0 Å². The Morgan fingerprint density at radius 1 is 1.56 bits per heavy atom. The summed E-state index contributed by atoms with van der Waals surface area (Å²) in [6.45, 7) is 2.94. The van der Waals surface area contributed by atoms with Crippen molar-refractivity contribution in [1.29, 1.82) is 0 Å². The Morgan fingerprint density at radius 2 is 2.31 bits per heavy atom. The van der Waals surface area contributed by atoms with E-state index in [4.69, 9.17) is 5.73 Å². The molecule has 1 unspecified atom stereocenters. The van der Waals surface area contributed by atoms with Crippen LogP contribution in [0.5, 0.6) is 0 Å². The lowest BCUT2D eigenvalue weighted by Crippen LogP contribution is -2.33. The normalized spacial score (nSPS) is 20.1. The molecule has 1 aliphatic rings. The van der Waals surface area contributed by atoms with Gasteiger partial charge in [-0.2, -0.15) is 0 Å². The zero-order chi connectivity index (χ0) is 11.7. The number of anilines is 1. The van der Waals surface area contributed by atoms with Crippen LogP contribution in [0.15, 0.2) is 22.7 Å². The highest BCUT2D eigenvalue weighted by Gasteiger charge is 2.27. The maximum atomic E-state index is 12.3. The summed E-state index contributed by atoms with van der Waals surface area (Å²) in [5.74, 6) is 0.0733. The predicted octanol–water partition coefficient (Wildman–Crippen LogP) is 2.66. The fourth-order valence-corrected chi connectivity index (χ4v) is 2.54. The van der Waals surface area contributed by atoms with E-state index in [1.807, 2.05) is 17.0 Å². The van der Waals surface area contributed by atoms with Crippen molar-refractivity contribution in [1.82, 2.24) is 4.90 Å². The molecule has 0 bridgehead atoms. The van der Waals surface area contributed by atoms with E-state index in [0.717, 1.165) is 19.4 Å². The SMILES string of the molecule is CC1CCCN1C(=O)c1cccc(N)c1Br. The second-order valence-electron chi connectivity index (χ2n) is 4.20. The van der Waals surface area contributed by atoms with Gasteiger partial charge in [-0.15, -0.1) is 0 Å². The van der Waals surface area contributed by atoms with Gasteiger partial charge < -0.3 is 10.6 Å². The number of nitrogens with two attached hydrogens (primary N) is 1. The number of carbonyl (C=O) groups excluding carboxylic acids is 1. The number of likely N-dealkylation sites (tertiary alicyclic amines) is 1. The Bertz CT molecular complexity index is 419. The average molecular weight is 283 g/mol. The van der Waals surface area contributed by atoms with Crippen LogP contribution in [0.2, 0.25) is 0 Å². The predicted molar refractivity (Wildman–Crippen MR) is 68.3 cm³/mol. The number of carbonyl (C=O) groups is 1. The third kappa shape index (κ3) is 1.94. The first-order chi connectivity index (χ1) is 7.61. The maximum Gasteiger partial charge on any atom is 0.255 e. The van der Waals surface area contributed by atoms with E-state index in [0.29, 0.717) is 21.8 Å². The molecular formula is C12H15BrN2O. The summed E-state index contributed by atoms with van der Waals surface area (Å²) in [5.41, 5.74) is 7.04. The minimum Gasteiger partial charge on any atom is -0.398 e. The lowest BCUT2D eigenvalue weighted by Gasteiger charge is -2.22. The smallest absolute Gasteiger partial charge is 0.255 e. The van der Waals surface area contributed by atoms with Gasteiger partial charge in [0.25, 0.3) is 5.91 Å². The first kappa shape index (κ1) is 11.5. The molecule has 0 aromatic heterocycles. The van der Waals surface area contributed by atoms with Crippen LogP contribution in [0.4, 0.5) is 5.69 Å². The molecule has 0 spiro atoms. The van der Waals surface area contributed by atoms with E-state index in [9.17, 15) is 4.79 Å². The van der Waals surface area contributed by atoms with Gasteiger partial charge in [-0.1, -0.05) is 6.07 Å². The Kier molecular flexibility index (Phi) is 3.19. The molecule has 3 nitrogen and oxygen atoms in total. The van der Waals surface area contributed by atoms with E-state index in [1.165, 1.54) is 0 Å². The van der Waals surface area contributed by atoms with Crippen molar-refractivity contribution in [3.8, 4) is 0 Å². The van der Waals surface area contributed by atoms with Gasteiger partial charge in [0.1, 0.15) is 0 Å². The van der Waals surface area contributed by atoms with E-state index in [1.54, 1.807) is 6.07 Å². The average Bonchev–Trinajstić information content (AvgIpc) is 2.68. The van der Waals surface area contributed by atoms with E-state index >= 15 is 0 Å². The molecule has 1 saturated heterocycles. The fraction of sp³-hybridized carbons (Fsp3) is 0.417. The number of rotatable bonds is 1. The minimum atomic E-state index is 0.0733. The van der Waals surface area contributed by atoms with Crippen molar-refractivity contribution < 1.29 is 4.79 Å². The molecule has 86 valence electrons. The first-order valence-electron chi connectivity index (χ1n) is 5.46. The van der Waals surface area contributed by atoms with Crippen molar-refractivity contribution in [3.63, 3.8) is 0 Å². The van der Waals surface area contributed by atoms with Gasteiger partial charge in [-0.3, -0.25) is 4.79 Å². The Hall–Kier alpha value is -1.03. The molecule has 0 aliphatic carbocycles. The summed E-state index contributed by atoms with van der Waals surface area (Å²) in [6.07, 6.45) is 2.18. The van der Waals surface area contributed by atoms with Gasteiger partial charge in [0.2, 0.25) is 0 Å².